The van der Waals surface area contributed by atoms with Crippen LogP contribution < -0.4 is 0 Å². The molecule has 0 spiro atoms. The second kappa shape index (κ2) is 5.08. The number of carbonyl (C=O) groups excluding carboxylic acids is 1. The molecule has 92 valence electrons. The smallest absolute Gasteiger partial charge is 0.167 e. The molecule has 0 radical (unpaired) electrons. The first-order valence-electron chi connectivity index (χ1n) is 5.77. The molecule has 0 aliphatic carbocycles. The van der Waals surface area contributed by atoms with Crippen LogP contribution in [0.5, 0.6) is 0 Å². The number of nitrogens with zero attached hydrogens (tertiary/aromatic N) is 1. The number of benzene rings is 1. The van der Waals surface area contributed by atoms with E-state index in [0.717, 1.165) is 16.7 Å². The third-order valence-corrected chi connectivity index (χ3v) is 2.98. The average Bonchev–Trinajstić information content (AvgIpc) is 2.34. The summed E-state index contributed by atoms with van der Waals surface area (Å²) in [5.41, 5.74) is 3.15. The summed E-state index contributed by atoms with van der Waals surface area (Å²) in [6.45, 7) is 3.72. The highest BCUT2D eigenvalue weighted by Gasteiger charge is 2.11. The SMILES string of the molecule is Cc1ccc(F)cc1CC(=O)c1ccncc1C. The Morgan fingerprint density at radius 3 is 2.72 bits per heavy atom. The van der Waals surface area contributed by atoms with Crippen LogP contribution in [-0.2, 0) is 6.42 Å². The lowest BCUT2D eigenvalue weighted by atomic mass is 9.98. The Morgan fingerprint density at radius 2 is 2.00 bits per heavy atom. The summed E-state index contributed by atoms with van der Waals surface area (Å²) in [6, 6.07) is 6.22. The van der Waals surface area contributed by atoms with E-state index in [1.165, 1.54) is 12.1 Å². The van der Waals surface area contributed by atoms with Gasteiger partial charge in [-0.1, -0.05) is 6.07 Å². The molecule has 0 bridgehead atoms. The topological polar surface area (TPSA) is 30.0 Å². The monoisotopic (exact) mass is 243 g/mol. The van der Waals surface area contributed by atoms with E-state index >= 15 is 0 Å². The van der Waals surface area contributed by atoms with Crippen molar-refractivity contribution < 1.29 is 9.18 Å². The van der Waals surface area contributed by atoms with Crippen LogP contribution in [0.1, 0.15) is 27.0 Å². The Balaban J connectivity index is 2.27. The Hall–Kier alpha value is -2.03. The molecule has 1 aromatic heterocycles. The van der Waals surface area contributed by atoms with Gasteiger partial charge >= 0.3 is 0 Å². The van der Waals surface area contributed by atoms with Gasteiger partial charge in [-0.2, -0.15) is 0 Å². The van der Waals surface area contributed by atoms with Crippen LogP contribution in [0, 0.1) is 19.7 Å². The summed E-state index contributed by atoms with van der Waals surface area (Å²) < 4.78 is 13.2. The summed E-state index contributed by atoms with van der Waals surface area (Å²) in [5, 5.41) is 0. The summed E-state index contributed by atoms with van der Waals surface area (Å²) in [5.74, 6) is -0.321. The summed E-state index contributed by atoms with van der Waals surface area (Å²) in [7, 11) is 0. The molecule has 0 unspecified atom stereocenters. The minimum atomic E-state index is -0.310. The van der Waals surface area contributed by atoms with E-state index < -0.39 is 0 Å². The van der Waals surface area contributed by atoms with Crippen molar-refractivity contribution in [3.8, 4) is 0 Å². The van der Waals surface area contributed by atoms with Crippen molar-refractivity contribution in [3.05, 3.63) is 64.7 Å². The maximum Gasteiger partial charge on any atom is 0.167 e. The minimum Gasteiger partial charge on any atom is -0.294 e. The minimum absolute atomic E-state index is 0.0106. The van der Waals surface area contributed by atoms with Gasteiger partial charge in [-0.15, -0.1) is 0 Å². The van der Waals surface area contributed by atoms with Gasteiger partial charge in [0.2, 0.25) is 0 Å². The number of Topliss-reactive ketones (excluding diaryl/α,β-unsaturated/α-hetero) is 1. The highest BCUT2D eigenvalue weighted by Crippen LogP contribution is 2.15. The number of aryl methyl sites for hydroxylation is 2. The van der Waals surface area contributed by atoms with Gasteiger partial charge in [-0.3, -0.25) is 9.78 Å². The van der Waals surface area contributed by atoms with E-state index in [1.807, 2.05) is 13.8 Å². The van der Waals surface area contributed by atoms with Crippen LogP contribution in [0.2, 0.25) is 0 Å². The van der Waals surface area contributed by atoms with Crippen molar-refractivity contribution >= 4 is 5.78 Å². The third kappa shape index (κ3) is 2.62. The van der Waals surface area contributed by atoms with E-state index in [1.54, 1.807) is 24.5 Å². The Labute approximate surface area is 105 Å². The Morgan fingerprint density at radius 1 is 1.22 bits per heavy atom. The third-order valence-electron chi connectivity index (χ3n) is 2.98. The fourth-order valence-corrected chi connectivity index (χ4v) is 1.88. The van der Waals surface area contributed by atoms with Crippen LogP contribution in [0.15, 0.2) is 36.7 Å². The van der Waals surface area contributed by atoms with Crippen LogP contribution in [0.25, 0.3) is 0 Å². The molecule has 2 nitrogen and oxygen atoms in total. The van der Waals surface area contributed by atoms with Crippen molar-refractivity contribution in [2.75, 3.05) is 0 Å². The molecular formula is C15H14FNO. The molecule has 0 saturated carbocycles. The molecule has 1 heterocycles. The normalized spacial score (nSPS) is 10.4. The molecule has 0 saturated heterocycles. The highest BCUT2D eigenvalue weighted by atomic mass is 19.1. The molecule has 1 aromatic carbocycles. The second-order valence-electron chi connectivity index (χ2n) is 4.36. The number of rotatable bonds is 3. The van der Waals surface area contributed by atoms with Crippen LogP contribution in [0.3, 0.4) is 0 Å². The zero-order valence-electron chi connectivity index (χ0n) is 10.4. The molecule has 0 aliphatic rings. The van der Waals surface area contributed by atoms with Crippen LogP contribution in [0.4, 0.5) is 4.39 Å². The highest BCUT2D eigenvalue weighted by molar-refractivity contribution is 5.98. The molecule has 0 N–H and O–H groups in total. The van der Waals surface area contributed by atoms with Gasteiger partial charge < -0.3 is 0 Å². The largest absolute Gasteiger partial charge is 0.294 e. The number of hydrogen-bond donors (Lipinski definition) is 0. The van der Waals surface area contributed by atoms with E-state index in [4.69, 9.17) is 0 Å². The zero-order chi connectivity index (χ0) is 13.1. The van der Waals surface area contributed by atoms with Crippen LogP contribution in [-0.4, -0.2) is 10.8 Å². The number of halogens is 1. The van der Waals surface area contributed by atoms with Gasteiger partial charge in [-0.05, 0) is 48.7 Å². The van der Waals surface area contributed by atoms with Gasteiger partial charge in [0, 0.05) is 24.4 Å². The van der Waals surface area contributed by atoms with E-state index in [2.05, 4.69) is 4.98 Å². The number of ketones is 1. The van der Waals surface area contributed by atoms with Gasteiger partial charge in [0.1, 0.15) is 5.82 Å². The average molecular weight is 243 g/mol. The number of carbonyl (C=O) groups is 1. The number of aromatic nitrogens is 1. The van der Waals surface area contributed by atoms with Gasteiger partial charge in [0.05, 0.1) is 0 Å². The molecule has 2 aromatic rings. The quantitative estimate of drug-likeness (QED) is 0.774. The molecule has 18 heavy (non-hydrogen) atoms. The van der Waals surface area contributed by atoms with Gasteiger partial charge in [0.25, 0.3) is 0 Å². The summed E-state index contributed by atoms with van der Waals surface area (Å²) in [4.78, 5) is 16.1. The lowest BCUT2D eigenvalue weighted by Gasteiger charge is -2.07. The zero-order valence-corrected chi connectivity index (χ0v) is 10.4. The van der Waals surface area contributed by atoms with Crippen molar-refractivity contribution in [2.24, 2.45) is 0 Å². The standard InChI is InChI=1S/C15H14FNO/c1-10-3-4-13(16)7-12(10)8-15(18)14-5-6-17-9-11(14)2/h3-7,9H,8H2,1-2H3. The molecule has 3 heteroatoms. The Kier molecular flexibility index (Phi) is 3.51. The molecular weight excluding hydrogens is 229 g/mol. The molecule has 0 fully saturated rings. The van der Waals surface area contributed by atoms with Gasteiger partial charge in [-0.25, -0.2) is 4.39 Å². The number of hydrogen-bond acceptors (Lipinski definition) is 2. The van der Waals surface area contributed by atoms with Crippen LogP contribution >= 0.6 is 0 Å². The summed E-state index contributed by atoms with van der Waals surface area (Å²) in [6.07, 6.45) is 3.47. The first-order chi connectivity index (χ1) is 8.58. The van der Waals surface area contributed by atoms with Crippen molar-refractivity contribution in [2.45, 2.75) is 20.3 Å². The lowest BCUT2D eigenvalue weighted by Crippen LogP contribution is -2.07. The van der Waals surface area contributed by atoms with Crippen molar-refractivity contribution in [1.29, 1.82) is 0 Å². The second-order valence-corrected chi connectivity index (χ2v) is 4.36. The van der Waals surface area contributed by atoms with E-state index in [0.29, 0.717) is 5.56 Å². The Bertz CT molecular complexity index is 593. The first kappa shape index (κ1) is 12.4. The molecule has 0 amide bonds. The maximum absolute atomic E-state index is 13.2. The molecule has 2 rings (SSSR count). The molecule has 0 atom stereocenters. The summed E-state index contributed by atoms with van der Waals surface area (Å²) >= 11 is 0. The van der Waals surface area contributed by atoms with Gasteiger partial charge in [0.15, 0.2) is 5.78 Å². The van der Waals surface area contributed by atoms with E-state index in [9.17, 15) is 9.18 Å². The predicted octanol–water partition coefficient (Wildman–Crippen LogP) is 3.26. The first-order valence-corrected chi connectivity index (χ1v) is 5.77. The number of pyridine rings is 1. The fraction of sp³-hybridized carbons (Fsp3) is 0.200. The maximum atomic E-state index is 13.2. The van der Waals surface area contributed by atoms with Crippen molar-refractivity contribution in [3.63, 3.8) is 0 Å². The lowest BCUT2D eigenvalue weighted by molar-refractivity contribution is 0.0992. The predicted molar refractivity (Wildman–Crippen MR) is 68.1 cm³/mol. The fourth-order valence-electron chi connectivity index (χ4n) is 1.88. The van der Waals surface area contributed by atoms with Crippen molar-refractivity contribution in [1.82, 2.24) is 4.98 Å². The van der Waals surface area contributed by atoms with E-state index in [-0.39, 0.29) is 18.0 Å². The molecule has 0 aliphatic heterocycles.